The van der Waals surface area contributed by atoms with Gasteiger partial charge in [0.15, 0.2) is 5.78 Å². The van der Waals surface area contributed by atoms with Gasteiger partial charge in [-0.2, -0.15) is 0 Å². The highest BCUT2D eigenvalue weighted by Crippen LogP contribution is 2.38. The molecule has 0 fully saturated rings. The normalized spacial score (nSPS) is 15.7. The largest absolute Gasteiger partial charge is 0.462 e. The van der Waals surface area contributed by atoms with E-state index in [1.165, 1.54) is 78.5 Å². The Hall–Kier alpha value is -8.70. The minimum atomic E-state index is -2.91. The standard InChI is InChI=1S/C94H157N11O17Si/c1-33-36-44-64(15)83(122-69(20)107)82(86(112)95-72(34-2)84(110)96-73(35-3)93(119)120-52-50-99(26)68(19)106)105(32)92(118)80(62(12)13)103(30)90(116)76(55-60(8)9)102(29)89(115)75(54-59(6)7)101(28)87(113)66(17)57-77(108)65(16)56-78(109)74(53-58(4)5)100(27)91(117)79(61(10)11)97-85(111)81(104(31)88(114)67(18)98(24)25)63(14)45-43-51-121-123(94(21,22)23,70-46-39-37-40-47-70)71-48-41-38-42-49-71/h33,36-42,46-49,58-67,72-76,79-83H,34-35,43-45,50-57H2,1-32H3,(H,95,112)(H,96,110)(H,97,111)/b36-33+/t63-,64+,65+,66-,67-,72-,73-,74-,75-,76-,79+,80-,81+,82-,83+/m0/s1. The highest BCUT2D eigenvalue weighted by Gasteiger charge is 2.51. The van der Waals surface area contributed by atoms with Crippen LogP contribution in [0, 0.1) is 53.3 Å². The first-order valence-electron chi connectivity index (χ1n) is 44.3. The second kappa shape index (κ2) is 51.7. The molecule has 3 N–H and O–H groups in total. The number of nitrogens with one attached hydrogen (secondary N) is 3. The topological polar surface area (TPSA) is 329 Å². The first-order valence-corrected chi connectivity index (χ1v) is 46.2. The zero-order valence-electron chi connectivity index (χ0n) is 80.7. The quantitative estimate of drug-likeness (QED) is 0.0240. The van der Waals surface area contributed by atoms with Gasteiger partial charge in [0, 0.05) is 94.5 Å². The van der Waals surface area contributed by atoms with Crippen molar-refractivity contribution in [3.63, 3.8) is 0 Å². The minimum absolute atomic E-state index is 0.00931. The SMILES string of the molecule is C/C=C/C[C@@H](C)[C@@H](OC(C)=O)[C@@H](C(=O)N[C@@H](CC)C(=O)N[C@@H](CC)C(=O)OCCN(C)C(C)=O)N(C)C(=O)[C@H](C(C)C)N(C)C(=O)[C@H](CC(C)C)N(C)C(=O)[C@H](CC(C)C)N(C)C(=O)[C@@H](C)CC(=O)[C@H](C)CC(=O)[C@H](CC(C)C)N(C)C(=O)[C@H](NC(=O)[C@@H]([C@@H](C)CCCO[Si](c1ccccc1)(c1ccccc1)C(C)(C)C)N(C)C(=O)[C@H](C)N(C)C)C(C)C. The lowest BCUT2D eigenvalue weighted by Gasteiger charge is -2.43. The predicted molar refractivity (Wildman–Crippen MR) is 485 cm³/mol. The smallest absolute Gasteiger partial charge is 0.328 e. The lowest BCUT2D eigenvalue weighted by molar-refractivity contribution is -0.164. The van der Waals surface area contributed by atoms with E-state index < -0.39 is 181 Å². The van der Waals surface area contributed by atoms with E-state index >= 15 is 28.8 Å². The van der Waals surface area contributed by atoms with Crippen molar-refractivity contribution in [2.24, 2.45) is 53.3 Å². The third-order valence-electron chi connectivity index (χ3n) is 23.8. The van der Waals surface area contributed by atoms with Crippen LogP contribution in [0.1, 0.15) is 223 Å². The molecule has 28 nitrogen and oxygen atoms in total. The molecule has 0 unspecified atom stereocenters. The number of rotatable bonds is 52. The summed E-state index contributed by atoms with van der Waals surface area (Å²) in [6.45, 7) is 41.6. The Balaban J connectivity index is 2.55. The van der Waals surface area contributed by atoms with E-state index in [1.54, 1.807) is 115 Å². The second-order valence-electron chi connectivity index (χ2n) is 37.3. The molecule has 0 bridgehead atoms. The van der Waals surface area contributed by atoms with Gasteiger partial charge in [0.25, 0.3) is 8.32 Å². The number of hydrogen-bond donors (Lipinski definition) is 3. The highest BCUT2D eigenvalue weighted by atomic mass is 28.4. The molecule has 0 spiro atoms. The fourth-order valence-electron chi connectivity index (χ4n) is 16.0. The molecule has 2 aromatic rings. The molecule has 2 aromatic carbocycles. The van der Waals surface area contributed by atoms with Crippen molar-refractivity contribution >= 4 is 101 Å². The Morgan fingerprint density at radius 2 is 0.919 bits per heavy atom. The highest BCUT2D eigenvalue weighted by molar-refractivity contribution is 6.99. The Bertz CT molecular complexity index is 3770. The van der Waals surface area contributed by atoms with Crippen LogP contribution in [-0.2, 0) is 81.0 Å². The van der Waals surface area contributed by atoms with Gasteiger partial charge >= 0.3 is 11.9 Å². The fraction of sp³-hybridized carbons (Fsp3) is 0.702. The van der Waals surface area contributed by atoms with Crippen LogP contribution in [0.3, 0.4) is 0 Å². The molecule has 123 heavy (non-hydrogen) atoms. The van der Waals surface area contributed by atoms with E-state index in [4.69, 9.17) is 13.9 Å². The molecule has 0 aliphatic carbocycles. The third-order valence-corrected chi connectivity index (χ3v) is 28.8. The molecule has 0 radical (unpaired) electrons. The van der Waals surface area contributed by atoms with Crippen molar-refractivity contribution in [2.75, 3.05) is 83.2 Å². The van der Waals surface area contributed by atoms with Crippen molar-refractivity contribution in [1.82, 2.24) is 55.1 Å². The van der Waals surface area contributed by atoms with Crippen LogP contribution >= 0.6 is 0 Å². The third kappa shape index (κ3) is 31.7. The van der Waals surface area contributed by atoms with Crippen LogP contribution in [0.2, 0.25) is 5.04 Å². The molecular formula is C94H157N11O17Si. The van der Waals surface area contributed by atoms with Gasteiger partial charge in [-0.15, -0.1) is 0 Å². The van der Waals surface area contributed by atoms with E-state index in [-0.39, 0.29) is 99.1 Å². The maximum absolute atomic E-state index is 15.5. The monoisotopic (exact) mass is 1740 g/mol. The van der Waals surface area contributed by atoms with Gasteiger partial charge in [-0.1, -0.05) is 204 Å². The molecule has 0 heterocycles. The van der Waals surface area contributed by atoms with E-state index in [9.17, 15) is 38.4 Å². The number of ether oxygens (including phenoxy) is 2. The maximum atomic E-state index is 15.5. The van der Waals surface area contributed by atoms with Crippen molar-refractivity contribution in [1.29, 1.82) is 0 Å². The van der Waals surface area contributed by atoms with Crippen LogP contribution in [0.5, 0.6) is 0 Å². The summed E-state index contributed by atoms with van der Waals surface area (Å²) >= 11 is 0. The van der Waals surface area contributed by atoms with Gasteiger partial charge in [-0.25, -0.2) is 4.79 Å². The summed E-state index contributed by atoms with van der Waals surface area (Å²) in [6.07, 6.45) is 3.57. The van der Waals surface area contributed by atoms with Crippen molar-refractivity contribution < 1.29 is 81.0 Å². The minimum Gasteiger partial charge on any atom is -0.462 e. The number of allylic oxidation sites excluding steroid dienone is 2. The number of esters is 2. The van der Waals surface area contributed by atoms with E-state index in [0.29, 0.717) is 19.4 Å². The van der Waals surface area contributed by atoms with Gasteiger partial charge < -0.3 is 64.1 Å². The van der Waals surface area contributed by atoms with E-state index in [0.717, 1.165) is 15.3 Å². The van der Waals surface area contributed by atoms with Gasteiger partial charge in [-0.3, -0.25) is 67.2 Å². The summed E-state index contributed by atoms with van der Waals surface area (Å²) in [5, 5.41) is 10.5. The summed E-state index contributed by atoms with van der Waals surface area (Å²) < 4.78 is 18.6. The molecule has 694 valence electrons. The Labute approximate surface area is 738 Å². The van der Waals surface area contributed by atoms with Gasteiger partial charge in [0.05, 0.1) is 18.6 Å². The van der Waals surface area contributed by atoms with E-state index in [1.807, 2.05) is 90.9 Å². The number of ketones is 2. The van der Waals surface area contributed by atoms with Gasteiger partial charge in [0.1, 0.15) is 66.8 Å². The number of carbonyl (C=O) groups excluding carboxylic acids is 14. The molecule has 0 aliphatic rings. The predicted octanol–water partition coefficient (Wildman–Crippen LogP) is 9.36. The van der Waals surface area contributed by atoms with Crippen LogP contribution in [0.4, 0.5) is 0 Å². The summed E-state index contributed by atoms with van der Waals surface area (Å²) in [4.78, 5) is 213. The van der Waals surface area contributed by atoms with Crippen LogP contribution in [-0.4, -0.2) is 280 Å². The molecular weight excluding hydrogens is 1580 g/mol. The van der Waals surface area contributed by atoms with Crippen LogP contribution in [0.25, 0.3) is 0 Å². The van der Waals surface area contributed by atoms with Crippen molar-refractivity contribution in [3.8, 4) is 0 Å². The molecule has 15 atom stereocenters. The molecule has 0 saturated carbocycles. The Morgan fingerprint density at radius 3 is 1.37 bits per heavy atom. The number of likely N-dealkylation sites (N-methyl/N-ethyl adjacent to an activating group) is 8. The van der Waals surface area contributed by atoms with Gasteiger partial charge in [0.2, 0.25) is 59.1 Å². The maximum Gasteiger partial charge on any atom is 0.328 e. The fourth-order valence-corrected chi connectivity index (χ4v) is 20.6. The summed E-state index contributed by atoms with van der Waals surface area (Å²) in [6, 6.07) is 9.14. The van der Waals surface area contributed by atoms with Crippen molar-refractivity contribution in [3.05, 3.63) is 72.8 Å². The first kappa shape index (κ1) is 110. The molecule has 2 rings (SSSR count). The number of benzene rings is 2. The van der Waals surface area contributed by atoms with Crippen molar-refractivity contribution in [2.45, 2.75) is 295 Å². The number of nitrogens with zero attached hydrogens (tertiary/aromatic N) is 8. The average molecular weight is 1740 g/mol. The molecule has 0 saturated heterocycles. The Kier molecular flexibility index (Phi) is 46.4. The summed E-state index contributed by atoms with van der Waals surface area (Å²) in [5.74, 6) is -12.7. The number of hydrogen-bond acceptors (Lipinski definition) is 18. The molecule has 10 amide bonds. The lowest BCUT2D eigenvalue weighted by Crippen LogP contribution is -2.66. The zero-order chi connectivity index (χ0) is 94.3. The molecule has 0 aromatic heterocycles. The van der Waals surface area contributed by atoms with E-state index in [2.05, 4.69) is 61.0 Å². The second-order valence-corrected chi connectivity index (χ2v) is 41.6. The number of carbonyl (C=O) groups is 14. The zero-order valence-corrected chi connectivity index (χ0v) is 81.7. The van der Waals surface area contributed by atoms with Crippen LogP contribution in [0.15, 0.2) is 72.8 Å². The number of Topliss-reactive ketones (excluding diaryl/α,β-unsaturated/α-hetero) is 2. The van der Waals surface area contributed by atoms with Crippen LogP contribution < -0.4 is 26.3 Å². The first-order chi connectivity index (χ1) is 57.2. The number of amides is 10. The molecule has 29 heteroatoms. The summed E-state index contributed by atoms with van der Waals surface area (Å²) in [7, 11) is 11.1. The molecule has 0 aliphatic heterocycles. The summed E-state index contributed by atoms with van der Waals surface area (Å²) in [5.41, 5.74) is 0. The Morgan fingerprint density at radius 1 is 0.472 bits per heavy atom. The van der Waals surface area contributed by atoms with Gasteiger partial charge in [-0.05, 0) is 136 Å². The average Bonchev–Trinajstić information content (AvgIpc) is 0.748. The lowest BCUT2D eigenvalue weighted by atomic mass is 9.88.